The number of aromatic nitrogens is 15. The number of pyridine rings is 3. The molecule has 0 aliphatic carbocycles. The van der Waals surface area contributed by atoms with Crippen molar-refractivity contribution in [3.63, 3.8) is 0 Å². The third kappa shape index (κ3) is 26.4. The lowest BCUT2D eigenvalue weighted by Gasteiger charge is -2.19. The van der Waals surface area contributed by atoms with Crippen molar-refractivity contribution in [2.45, 2.75) is 52.9 Å². The minimum Gasteiger partial charge on any atom is -0.342 e. The van der Waals surface area contributed by atoms with Crippen molar-refractivity contribution in [1.29, 1.82) is 0 Å². The van der Waals surface area contributed by atoms with E-state index in [0.29, 0.717) is 81.9 Å². The van der Waals surface area contributed by atoms with Gasteiger partial charge >= 0.3 is 0 Å². The van der Waals surface area contributed by atoms with Gasteiger partial charge in [0.2, 0.25) is 0 Å². The lowest BCUT2D eigenvalue weighted by atomic mass is 10.0. The van der Waals surface area contributed by atoms with E-state index in [-0.39, 0.29) is 61.0 Å². The number of nitrogens with zero attached hydrogens (tertiary/aromatic N) is 20. The van der Waals surface area contributed by atoms with Gasteiger partial charge in [0.15, 0.2) is 28.9 Å². The molecule has 123 heavy (non-hydrogen) atoms. The zero-order valence-electron chi connectivity index (χ0n) is 67.6. The van der Waals surface area contributed by atoms with Crippen LogP contribution in [0, 0.1) is 44.7 Å². The number of carbonyl (C=O) groups is 5. The Kier molecular flexibility index (Phi) is 31.8. The normalized spacial score (nSPS) is 10.5. The average Bonchev–Trinajstić information content (AvgIpc) is 1.41. The van der Waals surface area contributed by atoms with Crippen molar-refractivity contribution in [2.24, 2.45) is 0 Å². The van der Waals surface area contributed by atoms with Crippen LogP contribution < -0.4 is 24.5 Å². The van der Waals surface area contributed by atoms with Crippen LogP contribution in [0.25, 0.3) is 0 Å². The average molecular weight is 1740 g/mol. The first kappa shape index (κ1) is 89.6. The highest BCUT2D eigenvalue weighted by atomic mass is 35.5. The largest absolute Gasteiger partial charge is 0.342 e. The molecule has 25 nitrogen and oxygen atoms in total. The van der Waals surface area contributed by atoms with E-state index in [1.165, 1.54) is 78.6 Å². The molecule has 0 N–H and O–H groups in total. The van der Waals surface area contributed by atoms with Crippen LogP contribution in [0.4, 0.5) is 65.7 Å². The fourth-order valence-electron chi connectivity index (χ4n) is 11.8. The highest BCUT2D eigenvalue weighted by Crippen LogP contribution is 2.33. The Bertz CT molecular complexity index is 6030. The maximum Gasteiger partial charge on any atom is 0.169 e. The molecule has 0 aliphatic rings. The van der Waals surface area contributed by atoms with Crippen LogP contribution in [-0.4, -0.2) is 139 Å². The van der Waals surface area contributed by atoms with E-state index in [9.17, 15) is 32.8 Å². The Labute approximate surface area is 731 Å². The van der Waals surface area contributed by atoms with Crippen LogP contribution in [-0.2, 0) is 32.1 Å². The van der Waals surface area contributed by atoms with E-state index in [0.717, 1.165) is 67.5 Å². The Hall–Kier alpha value is -14.2. The molecule has 10 aromatic heterocycles. The SMILES string of the molecule is C#Cc1ccc(CC(=O)c2cc(Cl)cc(N(C)c3cncnc3)c2)nc1.CN(c1cncnc1)c1cc(F)cc(C(=O)Cc2nccs2)c1.Cc1cccc(CC(=O)c2cc(Cl)cc(N(C)c3cncnc3)c2)n1.Cc1ccnc(CC(=O)c2cc(Cl)cc(N(C)c3cncnc3)c2)c1.Cc1csc(CC(=O)c2cc(F)cc(N(C)c3cncnc3)c2)n1. The first-order valence-corrected chi connectivity index (χ1v) is 40.4. The van der Waals surface area contributed by atoms with Gasteiger partial charge in [-0.2, -0.15) is 0 Å². The first-order valence-electron chi connectivity index (χ1n) is 37.5. The summed E-state index contributed by atoms with van der Waals surface area (Å²) in [4.78, 5) is 133. The quantitative estimate of drug-likeness (QED) is 0.0379. The number of aryl methyl sites for hydroxylation is 3. The van der Waals surface area contributed by atoms with Crippen molar-refractivity contribution in [2.75, 3.05) is 59.7 Å². The molecule has 0 atom stereocenters. The van der Waals surface area contributed by atoms with Crippen molar-refractivity contribution in [1.82, 2.24) is 74.8 Å². The summed E-state index contributed by atoms with van der Waals surface area (Å²) in [6, 6.07) is 37.4. The van der Waals surface area contributed by atoms with Crippen LogP contribution in [0.1, 0.15) is 101 Å². The molecular formula is C91H77Cl3F2N20O5S2. The fourth-order valence-corrected chi connectivity index (χ4v) is 13.9. The van der Waals surface area contributed by atoms with Gasteiger partial charge in [0.25, 0.3) is 0 Å². The second kappa shape index (κ2) is 43.7. The van der Waals surface area contributed by atoms with Crippen LogP contribution >= 0.6 is 57.5 Å². The molecule has 10 heterocycles. The Morgan fingerprint density at radius 3 is 1.08 bits per heavy atom. The van der Waals surface area contributed by atoms with E-state index in [2.05, 4.69) is 80.7 Å². The van der Waals surface area contributed by atoms with Gasteiger partial charge in [-0.05, 0) is 154 Å². The van der Waals surface area contributed by atoms with Gasteiger partial charge in [-0.3, -0.25) is 38.9 Å². The summed E-state index contributed by atoms with van der Waals surface area (Å²) in [6.45, 7) is 5.76. The number of carbonyl (C=O) groups excluding carboxylic acids is 5. The zero-order valence-corrected chi connectivity index (χ0v) is 71.5. The van der Waals surface area contributed by atoms with E-state index in [1.54, 1.807) is 171 Å². The van der Waals surface area contributed by atoms with Gasteiger partial charge in [-0.15, -0.1) is 29.1 Å². The molecule has 0 saturated carbocycles. The van der Waals surface area contributed by atoms with Gasteiger partial charge in [0.1, 0.15) is 53.3 Å². The van der Waals surface area contributed by atoms with E-state index >= 15 is 0 Å². The predicted octanol–water partition coefficient (Wildman–Crippen LogP) is 18.6. The van der Waals surface area contributed by atoms with Crippen LogP contribution in [0.3, 0.4) is 0 Å². The molecular weight excluding hydrogens is 1660 g/mol. The van der Waals surface area contributed by atoms with Crippen molar-refractivity contribution in [3.8, 4) is 12.3 Å². The maximum absolute atomic E-state index is 14.0. The summed E-state index contributed by atoms with van der Waals surface area (Å²) >= 11 is 21.5. The third-order valence-corrected chi connectivity index (χ3v) is 20.7. The maximum atomic E-state index is 14.0. The topological polar surface area (TPSA) is 295 Å². The highest BCUT2D eigenvalue weighted by molar-refractivity contribution is 7.10. The molecule has 0 saturated heterocycles. The van der Waals surface area contributed by atoms with Crippen molar-refractivity contribution < 1.29 is 32.8 Å². The molecule has 15 rings (SSSR count). The fraction of sp³-hybridized carbons (Fsp3) is 0.143. The summed E-state index contributed by atoms with van der Waals surface area (Å²) in [7, 11) is 9.15. The van der Waals surface area contributed by atoms with Crippen molar-refractivity contribution in [3.05, 3.63) is 361 Å². The summed E-state index contributed by atoms with van der Waals surface area (Å²) in [6.07, 6.45) is 35.1. The third-order valence-electron chi connectivity index (χ3n) is 18.3. The van der Waals surface area contributed by atoms with Gasteiger partial charge in [-0.1, -0.05) is 46.8 Å². The molecule has 15 aromatic rings. The standard InChI is InChI=1S/C20H15ClN4O.2C19H17ClN4O.C17H15FN4OS.C16H13FN4OS/c1-3-14-4-5-17(24-10-14)9-20(26)15-6-16(21)8-18(7-15)25(2)19-11-22-13-23-12-19;1-13-3-4-23-16(5-13)9-19(25)14-6-15(20)8-17(7-14)24(2)18-10-21-12-22-11-18;1-13-4-3-5-16(23-13)9-19(25)14-6-15(20)8-17(7-14)24(2)18-10-21-12-22-11-18;1-11-9-24-17(21-11)6-16(23)12-3-13(18)5-14(4-12)22(2)15-7-19-10-20-8-15;1-21(14-8-18-10-19-9-14)13-5-11(4-12(17)6-13)15(22)7-16-20-2-3-23-16/h1,4-8,10-13H,9H2,2H3;2*3-8,10-12H,9H2,1-2H3;3-5,7-10H,6H2,1-2H3;2-6,8-10H,7H2,1H3. The van der Waals surface area contributed by atoms with Gasteiger partial charge < -0.3 is 24.5 Å². The molecule has 0 spiro atoms. The number of rotatable bonds is 25. The number of hydrogen-bond donors (Lipinski definition) is 0. The number of Topliss-reactive ketones (excluding diaryl/α,β-unsaturated/α-hetero) is 5. The van der Waals surface area contributed by atoms with Crippen LogP contribution in [0.2, 0.25) is 15.1 Å². The Morgan fingerprint density at radius 2 is 0.732 bits per heavy atom. The zero-order chi connectivity index (χ0) is 87.5. The summed E-state index contributed by atoms with van der Waals surface area (Å²) < 4.78 is 27.9. The second-order valence-electron chi connectivity index (χ2n) is 27.4. The smallest absolute Gasteiger partial charge is 0.169 e. The number of thiazole rings is 2. The van der Waals surface area contributed by atoms with Crippen LogP contribution in [0.5, 0.6) is 0 Å². The van der Waals surface area contributed by atoms with Gasteiger partial charge in [0.05, 0.1) is 123 Å². The minimum atomic E-state index is -0.464. The summed E-state index contributed by atoms with van der Waals surface area (Å²) in [5, 5.41) is 6.62. The molecule has 618 valence electrons. The highest BCUT2D eigenvalue weighted by Gasteiger charge is 2.21. The molecule has 0 fully saturated rings. The monoisotopic (exact) mass is 1740 g/mol. The predicted molar refractivity (Wildman–Crippen MR) is 477 cm³/mol. The summed E-state index contributed by atoms with van der Waals surface area (Å²) in [5.41, 5.74) is 15.2. The van der Waals surface area contributed by atoms with E-state index < -0.39 is 11.6 Å². The molecule has 0 unspecified atom stereocenters. The Morgan fingerprint density at radius 1 is 0.358 bits per heavy atom. The molecule has 0 amide bonds. The van der Waals surface area contributed by atoms with Gasteiger partial charge in [0, 0.05) is 170 Å². The number of terminal acetylenes is 1. The number of hydrogen-bond acceptors (Lipinski definition) is 27. The van der Waals surface area contributed by atoms with Crippen molar-refractivity contribution >= 4 is 143 Å². The first-order chi connectivity index (χ1) is 59.3. The number of benzene rings is 5. The molecule has 0 radical (unpaired) electrons. The van der Waals surface area contributed by atoms with E-state index in [4.69, 9.17) is 41.2 Å². The molecule has 0 aliphatic heterocycles. The molecule has 0 bridgehead atoms. The lowest BCUT2D eigenvalue weighted by Crippen LogP contribution is -2.12. The summed E-state index contributed by atoms with van der Waals surface area (Å²) in [5.74, 6) is 1.11. The number of ketones is 5. The van der Waals surface area contributed by atoms with E-state index in [1.807, 2.05) is 110 Å². The second-order valence-corrected chi connectivity index (χ2v) is 30.6. The van der Waals surface area contributed by atoms with Gasteiger partial charge in [-0.25, -0.2) is 68.6 Å². The Balaban J connectivity index is 0.000000150. The van der Waals surface area contributed by atoms with Crippen LogP contribution in [0.15, 0.2) is 256 Å². The molecule has 5 aromatic carbocycles. The minimum absolute atomic E-state index is 0.0282. The molecule has 32 heteroatoms. The number of halogens is 5. The lowest BCUT2D eigenvalue weighted by molar-refractivity contribution is 0.0983. The number of anilines is 10.